The molecule has 0 fully saturated rings. The van der Waals surface area contributed by atoms with Gasteiger partial charge in [-0.25, -0.2) is 0 Å². The Bertz CT molecular complexity index is 387. The summed E-state index contributed by atoms with van der Waals surface area (Å²) in [5.41, 5.74) is 0. The highest BCUT2D eigenvalue weighted by Crippen LogP contribution is 2.22. The molecule has 0 unspecified atom stereocenters. The molecular formula is C13H18ClNO4. The van der Waals surface area contributed by atoms with Gasteiger partial charge in [-0.3, -0.25) is 4.79 Å². The van der Waals surface area contributed by atoms with E-state index in [4.69, 9.17) is 26.2 Å². The number of hydrogen-bond donors (Lipinski definition) is 2. The molecule has 19 heavy (non-hydrogen) atoms. The van der Waals surface area contributed by atoms with Crippen LogP contribution in [0.2, 0.25) is 5.02 Å². The molecule has 1 aromatic carbocycles. The van der Waals surface area contributed by atoms with Crippen molar-refractivity contribution in [3.63, 3.8) is 0 Å². The second kappa shape index (κ2) is 9.61. The third-order valence-electron chi connectivity index (χ3n) is 2.23. The Balaban J connectivity index is 2.09. The summed E-state index contributed by atoms with van der Waals surface area (Å²) in [6.45, 7) is 1.35. The van der Waals surface area contributed by atoms with Crippen molar-refractivity contribution in [1.29, 1.82) is 0 Å². The molecule has 1 amide bonds. The van der Waals surface area contributed by atoms with Crippen LogP contribution < -0.4 is 10.1 Å². The molecule has 0 saturated heterocycles. The number of aliphatic hydroxyl groups is 1. The predicted octanol–water partition coefficient (Wildman–Crippen LogP) is 1.23. The van der Waals surface area contributed by atoms with Crippen molar-refractivity contribution in [3.05, 3.63) is 29.3 Å². The molecule has 5 nitrogen and oxygen atoms in total. The Hall–Kier alpha value is -1.30. The van der Waals surface area contributed by atoms with Crippen molar-refractivity contribution in [3.8, 4) is 5.75 Å². The highest BCUT2D eigenvalue weighted by molar-refractivity contribution is 6.32. The van der Waals surface area contributed by atoms with E-state index in [-0.39, 0.29) is 32.1 Å². The second-order valence-electron chi connectivity index (χ2n) is 3.71. The van der Waals surface area contributed by atoms with E-state index in [1.54, 1.807) is 12.1 Å². The number of halogens is 1. The summed E-state index contributed by atoms with van der Waals surface area (Å²) in [6, 6.07) is 7.12. The van der Waals surface area contributed by atoms with E-state index < -0.39 is 0 Å². The highest BCUT2D eigenvalue weighted by Gasteiger charge is 2.03. The third-order valence-corrected chi connectivity index (χ3v) is 2.54. The fourth-order valence-corrected chi connectivity index (χ4v) is 1.52. The molecule has 0 aliphatic rings. The number of ether oxygens (including phenoxy) is 2. The Kier molecular flexibility index (Phi) is 7.97. The van der Waals surface area contributed by atoms with Gasteiger partial charge in [0.15, 0.2) is 0 Å². The summed E-state index contributed by atoms with van der Waals surface area (Å²) in [4.78, 5) is 11.4. The third kappa shape index (κ3) is 7.00. The molecule has 0 spiro atoms. The minimum absolute atomic E-state index is 0.0143. The van der Waals surface area contributed by atoms with Crippen LogP contribution in [-0.4, -0.2) is 44.0 Å². The molecule has 0 radical (unpaired) electrons. The van der Waals surface area contributed by atoms with Gasteiger partial charge in [-0.05, 0) is 12.1 Å². The maximum absolute atomic E-state index is 11.4. The lowest BCUT2D eigenvalue weighted by atomic mass is 10.3. The zero-order chi connectivity index (χ0) is 13.9. The van der Waals surface area contributed by atoms with Gasteiger partial charge in [-0.15, -0.1) is 0 Å². The molecule has 2 N–H and O–H groups in total. The normalized spacial score (nSPS) is 10.2. The van der Waals surface area contributed by atoms with Crippen molar-refractivity contribution < 1.29 is 19.4 Å². The molecule has 1 rings (SSSR count). The van der Waals surface area contributed by atoms with E-state index in [2.05, 4.69) is 5.32 Å². The van der Waals surface area contributed by atoms with Crippen molar-refractivity contribution in [2.45, 2.75) is 6.42 Å². The Labute approximate surface area is 117 Å². The minimum atomic E-state index is -0.111. The predicted molar refractivity (Wildman–Crippen MR) is 72.5 cm³/mol. The van der Waals surface area contributed by atoms with E-state index >= 15 is 0 Å². The number of carbonyl (C=O) groups is 1. The first-order chi connectivity index (χ1) is 9.24. The van der Waals surface area contributed by atoms with Crippen LogP contribution >= 0.6 is 11.6 Å². The standard InChI is InChI=1S/C13H18ClNO4/c14-11-3-1-2-4-12(11)19-8-5-13(17)15-6-9-18-10-7-16/h1-4,16H,5-10H2,(H,15,17). The number of rotatable bonds is 9. The molecule has 6 heteroatoms. The number of nitrogens with one attached hydrogen (secondary N) is 1. The molecule has 0 atom stereocenters. The average Bonchev–Trinajstić information content (AvgIpc) is 2.41. The quantitative estimate of drug-likeness (QED) is 0.671. The first kappa shape index (κ1) is 15.8. The van der Waals surface area contributed by atoms with Gasteiger partial charge in [0.25, 0.3) is 0 Å². The first-order valence-electron chi connectivity index (χ1n) is 6.06. The number of benzene rings is 1. The lowest BCUT2D eigenvalue weighted by Gasteiger charge is -2.08. The number of aliphatic hydroxyl groups excluding tert-OH is 1. The van der Waals surface area contributed by atoms with E-state index in [9.17, 15) is 4.79 Å². The number of amides is 1. The van der Waals surface area contributed by atoms with Crippen LogP contribution in [0.3, 0.4) is 0 Å². The van der Waals surface area contributed by atoms with E-state index in [1.807, 2.05) is 12.1 Å². The zero-order valence-corrected chi connectivity index (χ0v) is 11.4. The van der Waals surface area contributed by atoms with Gasteiger partial charge in [-0.2, -0.15) is 0 Å². The van der Waals surface area contributed by atoms with E-state index in [1.165, 1.54) is 0 Å². The maximum Gasteiger partial charge on any atom is 0.223 e. The monoisotopic (exact) mass is 287 g/mol. The molecule has 0 aliphatic carbocycles. The fraction of sp³-hybridized carbons (Fsp3) is 0.462. The Morgan fingerprint density at radius 2 is 2.05 bits per heavy atom. The van der Waals surface area contributed by atoms with Crippen LogP contribution in [0.4, 0.5) is 0 Å². The van der Waals surface area contributed by atoms with Gasteiger partial charge in [0.2, 0.25) is 5.91 Å². The summed E-state index contributed by atoms with van der Waals surface area (Å²) in [5.74, 6) is 0.461. The molecule has 0 aliphatic heterocycles. The molecule has 0 aromatic heterocycles. The molecular weight excluding hydrogens is 270 g/mol. The van der Waals surface area contributed by atoms with Crippen molar-refractivity contribution in [1.82, 2.24) is 5.32 Å². The largest absolute Gasteiger partial charge is 0.491 e. The van der Waals surface area contributed by atoms with Crippen LogP contribution in [0.1, 0.15) is 6.42 Å². The van der Waals surface area contributed by atoms with Crippen LogP contribution in [-0.2, 0) is 9.53 Å². The van der Waals surface area contributed by atoms with Crippen molar-refractivity contribution in [2.24, 2.45) is 0 Å². The number of para-hydroxylation sites is 1. The smallest absolute Gasteiger partial charge is 0.223 e. The molecule has 0 bridgehead atoms. The molecule has 0 saturated carbocycles. The second-order valence-corrected chi connectivity index (χ2v) is 4.12. The molecule has 0 heterocycles. The summed E-state index contributed by atoms with van der Waals surface area (Å²) in [5, 5.41) is 11.7. The van der Waals surface area contributed by atoms with Gasteiger partial charge in [0.05, 0.1) is 37.9 Å². The first-order valence-corrected chi connectivity index (χ1v) is 6.44. The van der Waals surface area contributed by atoms with Crippen molar-refractivity contribution in [2.75, 3.05) is 33.0 Å². The van der Waals surface area contributed by atoms with Crippen LogP contribution in [0, 0.1) is 0 Å². The van der Waals surface area contributed by atoms with Gasteiger partial charge < -0.3 is 19.9 Å². The topological polar surface area (TPSA) is 67.8 Å². The fourth-order valence-electron chi connectivity index (χ4n) is 1.33. The SMILES string of the molecule is O=C(CCOc1ccccc1Cl)NCCOCCO. The van der Waals surface area contributed by atoms with Gasteiger partial charge in [-0.1, -0.05) is 23.7 Å². The zero-order valence-electron chi connectivity index (χ0n) is 10.6. The Morgan fingerprint density at radius 1 is 1.26 bits per heavy atom. The van der Waals surface area contributed by atoms with Gasteiger partial charge >= 0.3 is 0 Å². The van der Waals surface area contributed by atoms with Crippen LogP contribution in [0.25, 0.3) is 0 Å². The summed E-state index contributed by atoms with van der Waals surface area (Å²) >= 11 is 5.91. The summed E-state index contributed by atoms with van der Waals surface area (Å²) in [6.07, 6.45) is 0.255. The van der Waals surface area contributed by atoms with Crippen LogP contribution in [0.5, 0.6) is 5.75 Å². The minimum Gasteiger partial charge on any atom is -0.491 e. The van der Waals surface area contributed by atoms with E-state index in [0.717, 1.165) is 0 Å². The lowest BCUT2D eigenvalue weighted by molar-refractivity contribution is -0.121. The molecule has 106 valence electrons. The highest BCUT2D eigenvalue weighted by atomic mass is 35.5. The van der Waals surface area contributed by atoms with Gasteiger partial charge in [0.1, 0.15) is 5.75 Å². The summed E-state index contributed by atoms with van der Waals surface area (Å²) in [7, 11) is 0. The maximum atomic E-state index is 11.4. The van der Waals surface area contributed by atoms with Crippen LogP contribution in [0.15, 0.2) is 24.3 Å². The molecule has 1 aromatic rings. The van der Waals surface area contributed by atoms with Crippen molar-refractivity contribution >= 4 is 17.5 Å². The summed E-state index contributed by atoms with van der Waals surface area (Å²) < 4.78 is 10.4. The number of carbonyl (C=O) groups excluding carboxylic acids is 1. The Morgan fingerprint density at radius 3 is 2.79 bits per heavy atom. The van der Waals surface area contributed by atoms with E-state index in [0.29, 0.717) is 23.9 Å². The number of hydrogen-bond acceptors (Lipinski definition) is 4. The average molecular weight is 288 g/mol. The lowest BCUT2D eigenvalue weighted by Crippen LogP contribution is -2.28. The van der Waals surface area contributed by atoms with Gasteiger partial charge in [0, 0.05) is 6.54 Å².